The molecule has 1 fully saturated rings. The molecule has 0 aliphatic carbocycles. The molecular formula is C77H80BBrCl3N13O12S2. The molecule has 568 valence electrons. The first kappa shape index (κ1) is 81.9. The van der Waals surface area contributed by atoms with E-state index >= 15 is 0 Å². The Balaban J connectivity index is 0.000000147. The van der Waals surface area contributed by atoms with Crippen molar-refractivity contribution in [1.82, 2.24) is 63.7 Å². The van der Waals surface area contributed by atoms with Crippen LogP contribution in [0.15, 0.2) is 185 Å². The topological polar surface area (TPSA) is 293 Å². The Kier molecular flexibility index (Phi) is 27.2. The monoisotopic (exact) mass is 1640 g/mol. The van der Waals surface area contributed by atoms with Gasteiger partial charge in [0.2, 0.25) is 5.16 Å². The zero-order chi connectivity index (χ0) is 78.7. The second-order valence-electron chi connectivity index (χ2n) is 25.2. The molecule has 0 amide bonds. The van der Waals surface area contributed by atoms with Crippen LogP contribution in [0.2, 0.25) is 0 Å². The minimum Gasteiger partial charge on any atom is -0.497 e. The number of hydrogen-bond donors (Lipinski definition) is 2. The standard InChI is InChI=1S/C21H22N4O3S.C21H22N4O2.C13H13BrN4.C13H11NO3S.C8H11BO4.CHCl3/c1-12(2)25-20-18(11-23-25)17(13-6-15(27-3)9-16(7-13)28-4)8-14-10-22-21(29(5)26)24-19(14)20;1-12(2)25-21-19(11-23-25)18(8-15-10-22-13(3)24-20(15)21)14-6-16(26-4)9-17(7-14)27-5;1-7(2)18-13-10(6-16-18)11(14)4-9-5-15-8(3)17-12(9)13;15-18(16,12-9-5-2-6-10-12)14-13(17-14)11-7-3-1-4-8-11;1-12-7-3-6(9(10)11)4-8(5-7)13-2;2-1(3)4/h6-12H,1-5H3;6-12H,1-5H3;4-7H,1-3H3;1-10,13H;3-5,10-11H,1-2H3;1H/t;;;13-,14?;;/m...1../s1. The highest BCUT2D eigenvalue weighted by molar-refractivity contribution is 9.10. The fraction of sp³-hybridized carbons (Fsp3) is 0.260. The molecule has 1 aliphatic rings. The average molecular weight is 1640 g/mol. The van der Waals surface area contributed by atoms with Crippen molar-refractivity contribution < 1.29 is 55.9 Å². The van der Waals surface area contributed by atoms with Gasteiger partial charge in [-0.15, -0.1) is 0 Å². The van der Waals surface area contributed by atoms with Crippen LogP contribution in [0, 0.1) is 13.8 Å². The van der Waals surface area contributed by atoms with Crippen molar-refractivity contribution in [2.45, 2.75) is 94.1 Å². The molecule has 32 heteroatoms. The second-order valence-corrected chi connectivity index (χ2v) is 31.1. The highest BCUT2D eigenvalue weighted by Gasteiger charge is 2.48. The van der Waals surface area contributed by atoms with Crippen LogP contribution >= 0.6 is 50.7 Å². The van der Waals surface area contributed by atoms with Gasteiger partial charge in [-0.2, -0.15) is 15.3 Å². The van der Waals surface area contributed by atoms with Gasteiger partial charge in [0, 0.05) is 104 Å². The third kappa shape index (κ3) is 19.1. The summed E-state index contributed by atoms with van der Waals surface area (Å²) in [4.78, 5) is 32.2. The first-order chi connectivity index (χ1) is 52.1. The summed E-state index contributed by atoms with van der Waals surface area (Å²) in [5.74, 6) is 5.49. The fourth-order valence-electron chi connectivity index (χ4n) is 11.7. The molecule has 8 aromatic carbocycles. The van der Waals surface area contributed by atoms with Gasteiger partial charge in [-0.05, 0) is 154 Å². The lowest BCUT2D eigenvalue weighted by Gasteiger charge is -2.13. The van der Waals surface area contributed by atoms with Crippen LogP contribution in [-0.2, 0) is 25.7 Å². The Morgan fingerprint density at radius 2 is 0.862 bits per heavy atom. The van der Waals surface area contributed by atoms with Gasteiger partial charge in [0.25, 0.3) is 10.0 Å². The SMILES string of the molecule is COc1cc(OC)cc(-c2cc3cnc(C)nc3c3c2cnn3C(C)C)c1.COc1cc(OC)cc(-c2cc3cnc(S(C)=O)nc3c3c2cnn3C(C)C)c1.COc1cc(OC)cc(B(O)O)c1.Cc1ncc2cc(Br)c3cnn(C(C)C)c3c2n1.ClC(Cl)Cl.O=S(=O)(c1ccccc1)N1O[C@@H]1c1ccccc1. The Morgan fingerprint density at radius 1 is 0.505 bits per heavy atom. The van der Waals surface area contributed by atoms with E-state index in [-0.39, 0.29) is 17.0 Å². The number of methoxy groups -OCH3 is 6. The van der Waals surface area contributed by atoms with Crippen molar-refractivity contribution in [3.8, 4) is 56.8 Å². The molecule has 3 atom stereocenters. The molecule has 2 N–H and O–H groups in total. The lowest BCUT2D eigenvalue weighted by atomic mass is 9.80. The number of hydroxylamine groups is 1. The van der Waals surface area contributed by atoms with Crippen molar-refractivity contribution in [3.63, 3.8) is 0 Å². The summed E-state index contributed by atoms with van der Waals surface area (Å²) in [7, 11) is 3.24. The summed E-state index contributed by atoms with van der Waals surface area (Å²) in [5.41, 5.74) is 10.8. The number of alkyl halides is 3. The lowest BCUT2D eigenvalue weighted by molar-refractivity contribution is 0.283. The van der Waals surface area contributed by atoms with Gasteiger partial charge >= 0.3 is 7.12 Å². The molecule has 14 aromatic rings. The van der Waals surface area contributed by atoms with Crippen molar-refractivity contribution in [2.75, 3.05) is 48.9 Å². The molecule has 1 saturated heterocycles. The summed E-state index contributed by atoms with van der Waals surface area (Å²) in [6.07, 6.45) is 12.2. The zero-order valence-corrected chi connectivity index (χ0v) is 67.7. The molecule has 6 aromatic heterocycles. The van der Waals surface area contributed by atoms with E-state index in [4.69, 9.17) is 83.1 Å². The van der Waals surface area contributed by atoms with Crippen LogP contribution in [0.3, 0.4) is 0 Å². The Bertz CT molecular complexity index is 5620. The largest absolute Gasteiger partial charge is 0.497 e. The molecule has 2 unspecified atom stereocenters. The van der Waals surface area contributed by atoms with Crippen LogP contribution in [0.1, 0.15) is 83.1 Å². The number of aryl methyl sites for hydroxylation is 2. The Hall–Kier alpha value is -9.66. The van der Waals surface area contributed by atoms with Crippen molar-refractivity contribution >= 4 is 150 Å². The van der Waals surface area contributed by atoms with Gasteiger partial charge in [-0.1, -0.05) is 99.3 Å². The van der Waals surface area contributed by atoms with Gasteiger partial charge < -0.3 is 38.5 Å². The fourth-order valence-corrected chi connectivity index (χ4v) is 13.9. The minimum absolute atomic E-state index is 0.135. The smallest absolute Gasteiger partial charge is 0.488 e. The van der Waals surface area contributed by atoms with E-state index in [9.17, 15) is 12.6 Å². The lowest BCUT2D eigenvalue weighted by Crippen LogP contribution is -2.29. The zero-order valence-electron chi connectivity index (χ0n) is 62.2. The van der Waals surface area contributed by atoms with Gasteiger partial charge in [0.1, 0.15) is 51.7 Å². The summed E-state index contributed by atoms with van der Waals surface area (Å²) < 4.78 is 75.3. The van der Waals surface area contributed by atoms with E-state index in [0.29, 0.717) is 39.7 Å². The predicted octanol–water partition coefficient (Wildman–Crippen LogP) is 15.9. The van der Waals surface area contributed by atoms with E-state index in [1.165, 1.54) is 26.4 Å². The van der Waals surface area contributed by atoms with E-state index in [0.717, 1.165) is 125 Å². The van der Waals surface area contributed by atoms with Gasteiger partial charge in [-0.3, -0.25) is 23.1 Å². The highest BCUT2D eigenvalue weighted by Crippen LogP contribution is 2.44. The number of fused-ring (bicyclic) bond motifs is 9. The molecule has 0 spiro atoms. The number of hydrogen-bond acceptors (Lipinski definition) is 21. The molecule has 15 rings (SSSR count). The summed E-state index contributed by atoms with van der Waals surface area (Å²) in [6, 6.07) is 40.7. The van der Waals surface area contributed by atoms with Crippen molar-refractivity contribution in [3.05, 3.63) is 192 Å². The molecular weight excluding hydrogens is 1560 g/mol. The third-order valence-corrected chi connectivity index (χ3v) is 19.9. The molecule has 0 bridgehead atoms. The number of halogens is 4. The number of benzene rings is 8. The predicted molar refractivity (Wildman–Crippen MR) is 433 cm³/mol. The van der Waals surface area contributed by atoms with Crippen LogP contribution in [0.5, 0.6) is 34.5 Å². The summed E-state index contributed by atoms with van der Waals surface area (Å²) in [5, 5.41) is 37.8. The maximum absolute atomic E-state index is 12.2. The summed E-state index contributed by atoms with van der Waals surface area (Å²) in [6.45, 7) is 16.4. The second kappa shape index (κ2) is 36.2. The maximum Gasteiger partial charge on any atom is 0.488 e. The molecule has 0 radical (unpaired) electrons. The number of aromatic nitrogens is 12. The first-order valence-corrected chi connectivity index (χ1v) is 38.9. The van der Waals surface area contributed by atoms with Crippen LogP contribution in [-0.4, -0.2) is 147 Å². The Morgan fingerprint density at radius 3 is 1.25 bits per heavy atom. The Labute approximate surface area is 656 Å². The van der Waals surface area contributed by atoms with Crippen LogP contribution in [0.4, 0.5) is 0 Å². The normalized spacial score (nSPS) is 13.4. The van der Waals surface area contributed by atoms with E-state index in [1.54, 1.807) is 77.3 Å². The van der Waals surface area contributed by atoms with Gasteiger partial charge in [-0.25, -0.2) is 38.3 Å². The molecule has 1 aliphatic heterocycles. The quantitative estimate of drug-likeness (QED) is 0.0393. The van der Waals surface area contributed by atoms with Gasteiger partial charge in [0.05, 0.1) is 105 Å². The molecule has 0 saturated carbocycles. The first-order valence-electron chi connectivity index (χ1n) is 33.8. The number of sulfonamides is 1. The summed E-state index contributed by atoms with van der Waals surface area (Å²) >= 11 is 18.0. The van der Waals surface area contributed by atoms with E-state index in [1.807, 2.05) is 138 Å². The number of nitrogens with zero attached hydrogens (tertiary/aromatic N) is 13. The maximum atomic E-state index is 12.2. The highest BCUT2D eigenvalue weighted by atomic mass is 79.9. The molecule has 109 heavy (non-hydrogen) atoms. The van der Waals surface area contributed by atoms with Crippen LogP contribution < -0.4 is 33.9 Å². The number of rotatable bonds is 16. The van der Waals surface area contributed by atoms with E-state index < -0.39 is 38.5 Å². The number of ether oxygens (including phenoxy) is 6. The van der Waals surface area contributed by atoms with E-state index in [2.05, 4.69) is 104 Å². The third-order valence-electron chi connectivity index (χ3n) is 16.9. The van der Waals surface area contributed by atoms with Gasteiger partial charge in [0.15, 0.2) is 10.5 Å². The van der Waals surface area contributed by atoms with Crippen molar-refractivity contribution in [1.29, 1.82) is 0 Å². The molecule has 25 nitrogen and oxygen atoms in total. The van der Waals surface area contributed by atoms with Crippen molar-refractivity contribution in [2.24, 2.45) is 0 Å². The molecule has 7 heterocycles. The van der Waals surface area contributed by atoms with Crippen LogP contribution in [0.25, 0.3) is 87.7 Å². The average Bonchev–Trinajstić information content (AvgIpc) is 1.69. The minimum atomic E-state index is -3.55.